The zero-order valence-corrected chi connectivity index (χ0v) is 14.2. The molecule has 3 nitrogen and oxygen atoms in total. The highest BCUT2D eigenvalue weighted by atomic mass is 79.9. The lowest BCUT2D eigenvalue weighted by Crippen LogP contribution is -2.35. The first-order valence-electron chi connectivity index (χ1n) is 7.41. The van der Waals surface area contributed by atoms with Gasteiger partial charge in [0.15, 0.2) is 0 Å². The molecule has 1 aromatic heterocycles. The first-order chi connectivity index (χ1) is 9.02. The Labute approximate surface area is 125 Å². The van der Waals surface area contributed by atoms with Crippen molar-refractivity contribution in [3.05, 3.63) is 15.9 Å². The second-order valence-electron chi connectivity index (χ2n) is 5.97. The molecular weight excluding hydrogens is 302 g/mol. The molecule has 0 saturated heterocycles. The lowest BCUT2D eigenvalue weighted by Gasteiger charge is -2.34. The van der Waals surface area contributed by atoms with Crippen LogP contribution in [-0.4, -0.2) is 27.8 Å². The van der Waals surface area contributed by atoms with Gasteiger partial charge in [-0.25, -0.2) is 0 Å². The summed E-state index contributed by atoms with van der Waals surface area (Å²) in [5.74, 6) is 0.968. The summed E-state index contributed by atoms with van der Waals surface area (Å²) < 4.78 is 3.18. The minimum absolute atomic E-state index is 0.741. The first-order valence-corrected chi connectivity index (χ1v) is 8.20. The van der Waals surface area contributed by atoms with Gasteiger partial charge in [0, 0.05) is 19.6 Å². The van der Waals surface area contributed by atoms with Crippen LogP contribution < -0.4 is 0 Å². The van der Waals surface area contributed by atoms with Gasteiger partial charge in [-0.1, -0.05) is 13.3 Å². The molecule has 19 heavy (non-hydrogen) atoms. The maximum Gasteiger partial charge on any atom is 0.0739 e. The van der Waals surface area contributed by atoms with E-state index in [1.165, 1.54) is 42.3 Å². The molecular formula is C15H26BrN3. The van der Waals surface area contributed by atoms with E-state index in [1.807, 2.05) is 11.7 Å². The van der Waals surface area contributed by atoms with E-state index >= 15 is 0 Å². The zero-order valence-electron chi connectivity index (χ0n) is 12.6. The van der Waals surface area contributed by atoms with Gasteiger partial charge in [0.25, 0.3) is 0 Å². The molecule has 0 unspecified atom stereocenters. The third-order valence-corrected chi connectivity index (χ3v) is 5.71. The molecule has 0 N–H and O–H groups in total. The molecule has 1 aliphatic rings. The molecule has 2 rings (SSSR count). The van der Waals surface area contributed by atoms with Crippen LogP contribution in [0.15, 0.2) is 4.47 Å². The summed E-state index contributed by atoms with van der Waals surface area (Å²) >= 11 is 3.66. The Morgan fingerprint density at radius 1 is 1.32 bits per heavy atom. The molecule has 0 aliphatic heterocycles. The zero-order chi connectivity index (χ0) is 14.0. The van der Waals surface area contributed by atoms with Crippen LogP contribution in [0.25, 0.3) is 0 Å². The summed E-state index contributed by atoms with van der Waals surface area (Å²) in [7, 11) is 4.29. The van der Waals surface area contributed by atoms with E-state index in [1.54, 1.807) is 0 Å². The van der Waals surface area contributed by atoms with Crippen molar-refractivity contribution in [2.75, 3.05) is 7.05 Å². The van der Waals surface area contributed by atoms with E-state index in [9.17, 15) is 0 Å². The van der Waals surface area contributed by atoms with E-state index in [4.69, 9.17) is 0 Å². The van der Waals surface area contributed by atoms with Gasteiger partial charge in [-0.3, -0.25) is 9.58 Å². The lowest BCUT2D eigenvalue weighted by molar-refractivity contribution is 0.154. The fraction of sp³-hybridized carbons (Fsp3) is 0.800. The Balaban J connectivity index is 1.96. The summed E-state index contributed by atoms with van der Waals surface area (Å²) in [5, 5.41) is 4.48. The maximum absolute atomic E-state index is 4.48. The van der Waals surface area contributed by atoms with Crippen molar-refractivity contribution >= 4 is 15.9 Å². The van der Waals surface area contributed by atoms with E-state index in [0.29, 0.717) is 0 Å². The van der Waals surface area contributed by atoms with Crippen LogP contribution in [0.4, 0.5) is 0 Å². The highest BCUT2D eigenvalue weighted by Gasteiger charge is 2.24. The lowest BCUT2D eigenvalue weighted by atomic mass is 9.84. The van der Waals surface area contributed by atoms with Crippen LogP contribution in [-0.2, 0) is 13.6 Å². The highest BCUT2D eigenvalue weighted by Crippen LogP contribution is 2.30. The average Bonchev–Trinajstić information content (AvgIpc) is 2.65. The van der Waals surface area contributed by atoms with Crippen molar-refractivity contribution in [3.63, 3.8) is 0 Å². The van der Waals surface area contributed by atoms with Gasteiger partial charge in [0.05, 0.1) is 15.9 Å². The highest BCUT2D eigenvalue weighted by molar-refractivity contribution is 9.10. The van der Waals surface area contributed by atoms with Crippen LogP contribution in [0.3, 0.4) is 0 Å². The molecule has 4 heteroatoms. The third kappa shape index (κ3) is 3.40. The molecule has 1 fully saturated rings. The van der Waals surface area contributed by atoms with Crippen molar-refractivity contribution in [2.45, 2.75) is 58.5 Å². The summed E-state index contributed by atoms with van der Waals surface area (Å²) in [6, 6.07) is 0.741. The summed E-state index contributed by atoms with van der Waals surface area (Å²) in [6.45, 7) is 5.36. The molecule has 0 aromatic carbocycles. The van der Waals surface area contributed by atoms with Crippen molar-refractivity contribution in [1.29, 1.82) is 0 Å². The monoisotopic (exact) mass is 327 g/mol. The number of rotatable bonds is 4. The maximum atomic E-state index is 4.48. The first kappa shape index (κ1) is 15.0. The Kier molecular flexibility index (Phi) is 5.07. The number of hydrogen-bond donors (Lipinski definition) is 0. The van der Waals surface area contributed by atoms with E-state index in [0.717, 1.165) is 24.2 Å². The Hall–Kier alpha value is -0.350. The Bertz CT molecular complexity index is 419. The van der Waals surface area contributed by atoms with Crippen molar-refractivity contribution in [2.24, 2.45) is 13.0 Å². The summed E-state index contributed by atoms with van der Waals surface area (Å²) in [6.07, 6.45) is 6.85. The minimum Gasteiger partial charge on any atom is -0.298 e. The standard InChI is InChI=1S/C15H26BrN3/c1-5-12-6-8-13(9-7-12)18(3)10-14-15(16)11(2)17-19(14)4/h12-13H,5-10H2,1-4H3. The number of halogens is 1. The fourth-order valence-electron chi connectivity index (χ4n) is 3.21. The summed E-state index contributed by atoms with van der Waals surface area (Å²) in [5.41, 5.74) is 2.37. The van der Waals surface area contributed by atoms with Crippen LogP contribution in [0.2, 0.25) is 0 Å². The van der Waals surface area contributed by atoms with Crippen molar-refractivity contribution < 1.29 is 0 Å². The Morgan fingerprint density at radius 3 is 2.42 bits per heavy atom. The van der Waals surface area contributed by atoms with Gasteiger partial charge in [-0.2, -0.15) is 5.10 Å². The largest absolute Gasteiger partial charge is 0.298 e. The van der Waals surface area contributed by atoms with Crippen LogP contribution >= 0.6 is 15.9 Å². The minimum atomic E-state index is 0.741. The normalized spacial score (nSPS) is 24.1. The number of nitrogens with zero attached hydrogens (tertiary/aromatic N) is 3. The molecule has 0 amide bonds. The number of hydrogen-bond acceptors (Lipinski definition) is 2. The van der Waals surface area contributed by atoms with Crippen LogP contribution in [0.5, 0.6) is 0 Å². The smallest absolute Gasteiger partial charge is 0.0739 e. The topological polar surface area (TPSA) is 21.1 Å². The van der Waals surface area contributed by atoms with Gasteiger partial charge in [0.2, 0.25) is 0 Å². The number of aromatic nitrogens is 2. The quantitative estimate of drug-likeness (QED) is 0.836. The van der Waals surface area contributed by atoms with Gasteiger partial charge < -0.3 is 0 Å². The molecule has 108 valence electrons. The fourth-order valence-corrected chi connectivity index (χ4v) is 3.67. The molecule has 1 saturated carbocycles. The van der Waals surface area contributed by atoms with Gasteiger partial charge in [0.1, 0.15) is 0 Å². The predicted octanol–water partition coefficient (Wildman–Crippen LogP) is 3.89. The molecule has 0 bridgehead atoms. The molecule has 0 spiro atoms. The second-order valence-corrected chi connectivity index (χ2v) is 6.76. The van der Waals surface area contributed by atoms with Crippen molar-refractivity contribution in [3.8, 4) is 0 Å². The molecule has 0 radical (unpaired) electrons. The van der Waals surface area contributed by atoms with E-state index in [2.05, 4.69) is 46.8 Å². The molecule has 0 atom stereocenters. The van der Waals surface area contributed by atoms with Crippen molar-refractivity contribution in [1.82, 2.24) is 14.7 Å². The summed E-state index contributed by atoms with van der Waals surface area (Å²) in [4.78, 5) is 2.51. The van der Waals surface area contributed by atoms with Gasteiger partial charge >= 0.3 is 0 Å². The van der Waals surface area contributed by atoms with E-state index < -0.39 is 0 Å². The van der Waals surface area contributed by atoms with Crippen LogP contribution in [0.1, 0.15) is 50.4 Å². The van der Waals surface area contributed by atoms with Crippen LogP contribution in [0, 0.1) is 12.8 Å². The number of aryl methyl sites for hydroxylation is 2. The SMILES string of the molecule is CCC1CCC(N(C)Cc2c(Br)c(C)nn2C)CC1. The van der Waals surface area contributed by atoms with E-state index in [-0.39, 0.29) is 0 Å². The molecule has 1 aliphatic carbocycles. The Morgan fingerprint density at radius 2 is 1.95 bits per heavy atom. The average molecular weight is 328 g/mol. The van der Waals surface area contributed by atoms with Gasteiger partial charge in [-0.15, -0.1) is 0 Å². The second kappa shape index (κ2) is 6.40. The van der Waals surface area contributed by atoms with Gasteiger partial charge in [-0.05, 0) is 61.5 Å². The molecule has 1 heterocycles. The third-order valence-electron chi connectivity index (χ3n) is 4.68. The molecule has 1 aromatic rings. The predicted molar refractivity (Wildman–Crippen MR) is 83.1 cm³/mol.